The number of halogens is 1. The molecular weight excluding hydrogens is 301 g/mol. The number of rotatable bonds is 7. The Kier molecular flexibility index (Phi) is 4.36. The molecule has 0 spiro atoms. The molecule has 2 rings (SSSR count). The fourth-order valence-corrected chi connectivity index (χ4v) is 3.98. The van der Waals surface area contributed by atoms with Crippen LogP contribution < -0.4 is 0 Å². The molecule has 0 aliphatic heterocycles. The standard InChI is InChI=1S/C13H14FNO5S/c14-10-3-9(4-11(5-10)15(18)19)7-21(20)8-13(1-2-13)6-12(16)17/h3-5H,1-2,6-8H2,(H,16,17). The summed E-state index contributed by atoms with van der Waals surface area (Å²) in [5, 5.41) is 19.5. The number of non-ortho nitro benzene ring substituents is 1. The highest BCUT2D eigenvalue weighted by Crippen LogP contribution is 2.49. The van der Waals surface area contributed by atoms with E-state index in [1.165, 1.54) is 6.07 Å². The third-order valence-electron chi connectivity index (χ3n) is 3.43. The molecule has 1 saturated carbocycles. The molecule has 0 saturated heterocycles. The number of hydrogen-bond donors (Lipinski definition) is 1. The second-order valence-electron chi connectivity index (χ2n) is 5.37. The van der Waals surface area contributed by atoms with Gasteiger partial charge in [-0.1, -0.05) is 0 Å². The van der Waals surface area contributed by atoms with Crippen molar-refractivity contribution in [3.05, 3.63) is 39.7 Å². The Bertz CT molecular complexity index is 615. The largest absolute Gasteiger partial charge is 0.481 e. The van der Waals surface area contributed by atoms with Crippen LogP contribution in [-0.4, -0.2) is 26.0 Å². The molecule has 1 aliphatic carbocycles. The summed E-state index contributed by atoms with van der Waals surface area (Å²) in [6.45, 7) is 0. The zero-order chi connectivity index (χ0) is 15.6. The lowest BCUT2D eigenvalue weighted by atomic mass is 10.1. The van der Waals surface area contributed by atoms with Crippen molar-refractivity contribution in [3.63, 3.8) is 0 Å². The third-order valence-corrected chi connectivity index (χ3v) is 5.02. The Labute approximate surface area is 122 Å². The maximum Gasteiger partial charge on any atom is 0.303 e. The molecule has 1 unspecified atom stereocenters. The third kappa shape index (κ3) is 4.32. The molecule has 0 radical (unpaired) electrons. The van der Waals surface area contributed by atoms with Crippen LogP contribution in [-0.2, 0) is 21.3 Å². The Morgan fingerprint density at radius 1 is 1.43 bits per heavy atom. The van der Waals surface area contributed by atoms with Gasteiger partial charge >= 0.3 is 5.97 Å². The first-order chi connectivity index (χ1) is 9.79. The van der Waals surface area contributed by atoms with E-state index in [0.717, 1.165) is 12.1 Å². The van der Waals surface area contributed by atoms with Gasteiger partial charge in [-0.3, -0.25) is 19.1 Å². The number of benzene rings is 1. The van der Waals surface area contributed by atoms with Crippen molar-refractivity contribution in [2.24, 2.45) is 5.41 Å². The van der Waals surface area contributed by atoms with Gasteiger partial charge in [-0.25, -0.2) is 4.39 Å². The fraction of sp³-hybridized carbons (Fsp3) is 0.462. The van der Waals surface area contributed by atoms with Crippen molar-refractivity contribution >= 4 is 22.5 Å². The first-order valence-electron chi connectivity index (χ1n) is 6.30. The molecule has 1 aromatic carbocycles. The molecule has 114 valence electrons. The number of carbonyl (C=O) groups is 1. The molecule has 1 aromatic rings. The van der Waals surface area contributed by atoms with Crippen molar-refractivity contribution in [2.45, 2.75) is 25.0 Å². The van der Waals surface area contributed by atoms with Gasteiger partial charge in [0.2, 0.25) is 0 Å². The number of nitro benzene ring substituents is 1. The summed E-state index contributed by atoms with van der Waals surface area (Å²) in [6, 6.07) is 3.11. The average Bonchev–Trinajstić information content (AvgIpc) is 3.05. The molecule has 0 aromatic heterocycles. The van der Waals surface area contributed by atoms with E-state index in [2.05, 4.69) is 0 Å². The first kappa shape index (κ1) is 15.6. The quantitative estimate of drug-likeness (QED) is 0.614. The van der Waals surface area contributed by atoms with E-state index >= 15 is 0 Å². The lowest BCUT2D eigenvalue weighted by Crippen LogP contribution is -2.17. The number of carboxylic acid groups (broad SMARTS) is 1. The average molecular weight is 315 g/mol. The first-order valence-corrected chi connectivity index (χ1v) is 7.79. The number of hydrogen-bond acceptors (Lipinski definition) is 4. The summed E-state index contributed by atoms with van der Waals surface area (Å²) >= 11 is 0. The topological polar surface area (TPSA) is 97.5 Å². The zero-order valence-electron chi connectivity index (χ0n) is 11.1. The molecule has 0 amide bonds. The van der Waals surface area contributed by atoms with Crippen LogP contribution in [0.25, 0.3) is 0 Å². The summed E-state index contributed by atoms with van der Waals surface area (Å²) in [4.78, 5) is 20.7. The van der Waals surface area contributed by atoms with E-state index in [-0.39, 0.29) is 29.2 Å². The Balaban J connectivity index is 2.03. The van der Waals surface area contributed by atoms with Crippen molar-refractivity contribution in [1.82, 2.24) is 0 Å². The SMILES string of the molecule is O=C(O)CC1(CS(=O)Cc2cc(F)cc([N+](=O)[O-])c2)CC1. The molecule has 1 atom stereocenters. The van der Waals surface area contributed by atoms with Gasteiger partial charge in [-0.2, -0.15) is 0 Å². The summed E-state index contributed by atoms with van der Waals surface area (Å²) in [5.74, 6) is -1.46. The summed E-state index contributed by atoms with van der Waals surface area (Å²) in [7, 11) is -1.38. The van der Waals surface area contributed by atoms with Crippen molar-refractivity contribution < 1.29 is 23.4 Å². The minimum atomic E-state index is -1.38. The zero-order valence-corrected chi connectivity index (χ0v) is 11.9. The van der Waals surface area contributed by atoms with Gasteiger partial charge in [-0.15, -0.1) is 0 Å². The summed E-state index contributed by atoms with van der Waals surface area (Å²) in [6.07, 6.45) is 1.41. The number of aliphatic carboxylic acids is 1. The molecule has 1 N–H and O–H groups in total. The maximum atomic E-state index is 13.3. The predicted molar refractivity (Wildman–Crippen MR) is 73.7 cm³/mol. The molecule has 21 heavy (non-hydrogen) atoms. The van der Waals surface area contributed by atoms with Gasteiger partial charge in [0.1, 0.15) is 5.82 Å². The minimum Gasteiger partial charge on any atom is -0.481 e. The molecule has 8 heteroatoms. The van der Waals surface area contributed by atoms with E-state index in [9.17, 15) is 23.5 Å². The van der Waals surface area contributed by atoms with Gasteiger partial charge in [-0.05, 0) is 29.9 Å². The van der Waals surface area contributed by atoms with Crippen LogP contribution in [0.1, 0.15) is 24.8 Å². The highest BCUT2D eigenvalue weighted by atomic mass is 32.2. The van der Waals surface area contributed by atoms with Gasteiger partial charge < -0.3 is 5.11 Å². The van der Waals surface area contributed by atoms with Gasteiger partial charge in [0, 0.05) is 28.4 Å². The Morgan fingerprint density at radius 3 is 2.62 bits per heavy atom. The second kappa shape index (κ2) is 5.88. The number of nitro groups is 1. The molecule has 1 fully saturated rings. The number of carboxylic acids is 1. The molecule has 0 heterocycles. The van der Waals surface area contributed by atoms with Crippen molar-refractivity contribution in [1.29, 1.82) is 0 Å². The van der Waals surface area contributed by atoms with Crippen molar-refractivity contribution in [2.75, 3.05) is 5.75 Å². The molecule has 0 bridgehead atoms. The molecule has 1 aliphatic rings. The summed E-state index contributed by atoms with van der Waals surface area (Å²) in [5.41, 5.74) is -0.518. The monoisotopic (exact) mass is 315 g/mol. The van der Waals surface area contributed by atoms with E-state index in [1.807, 2.05) is 0 Å². The summed E-state index contributed by atoms with van der Waals surface area (Å²) < 4.78 is 25.3. The van der Waals surface area contributed by atoms with E-state index < -0.39 is 32.9 Å². The second-order valence-corrected chi connectivity index (χ2v) is 6.83. The van der Waals surface area contributed by atoms with Crippen LogP contribution in [0.5, 0.6) is 0 Å². The Hall–Kier alpha value is -1.83. The van der Waals surface area contributed by atoms with Crippen molar-refractivity contribution in [3.8, 4) is 0 Å². The van der Waals surface area contributed by atoms with Crippen LogP contribution in [0, 0.1) is 21.3 Å². The highest BCUT2D eigenvalue weighted by Gasteiger charge is 2.45. The van der Waals surface area contributed by atoms with Crippen LogP contribution in [0.3, 0.4) is 0 Å². The highest BCUT2D eigenvalue weighted by molar-refractivity contribution is 7.84. The smallest absolute Gasteiger partial charge is 0.303 e. The van der Waals surface area contributed by atoms with Gasteiger partial charge in [0.05, 0.1) is 17.4 Å². The molecule has 6 nitrogen and oxygen atoms in total. The van der Waals surface area contributed by atoms with Crippen LogP contribution in [0.15, 0.2) is 18.2 Å². The number of nitrogens with zero attached hydrogens (tertiary/aromatic N) is 1. The van der Waals surface area contributed by atoms with E-state index in [1.54, 1.807) is 0 Å². The lowest BCUT2D eigenvalue weighted by molar-refractivity contribution is -0.385. The van der Waals surface area contributed by atoms with E-state index in [0.29, 0.717) is 12.8 Å². The van der Waals surface area contributed by atoms with Crippen LogP contribution in [0.2, 0.25) is 0 Å². The predicted octanol–water partition coefficient (Wildman–Crippen LogP) is 2.24. The lowest BCUT2D eigenvalue weighted by Gasteiger charge is -2.11. The maximum absolute atomic E-state index is 13.3. The fourth-order valence-electron chi connectivity index (χ4n) is 2.27. The van der Waals surface area contributed by atoms with Crippen LogP contribution in [0.4, 0.5) is 10.1 Å². The Morgan fingerprint density at radius 2 is 2.10 bits per heavy atom. The van der Waals surface area contributed by atoms with Gasteiger partial charge in [0.15, 0.2) is 0 Å². The van der Waals surface area contributed by atoms with Gasteiger partial charge in [0.25, 0.3) is 5.69 Å². The van der Waals surface area contributed by atoms with Crippen LogP contribution >= 0.6 is 0 Å². The van der Waals surface area contributed by atoms with E-state index in [4.69, 9.17) is 5.11 Å². The molecular formula is C13H14FNO5S. The normalized spacial score (nSPS) is 17.2. The minimum absolute atomic E-state index is 0.0139.